The van der Waals surface area contributed by atoms with E-state index in [0.717, 1.165) is 24.3 Å². The Hall–Kier alpha value is -2.59. The number of fused-ring (bicyclic) bond motifs is 1. The van der Waals surface area contributed by atoms with Gasteiger partial charge in [-0.15, -0.1) is 5.10 Å². The molecule has 0 saturated carbocycles. The molecule has 1 saturated heterocycles. The number of hydrogen-bond donors (Lipinski definition) is 2. The van der Waals surface area contributed by atoms with Crippen LogP contribution in [0.5, 0.6) is 0 Å². The van der Waals surface area contributed by atoms with E-state index in [2.05, 4.69) is 51.4 Å². The zero-order valence-electron chi connectivity index (χ0n) is 20.0. The summed E-state index contributed by atoms with van der Waals surface area (Å²) in [5.41, 5.74) is 1.46. The number of aryl methyl sites for hydroxylation is 2. The zero-order valence-corrected chi connectivity index (χ0v) is 20.0. The standard InChI is InChI=1S/C22H33FN8O/c1-8-29-10-13(3)30(11-12(29)2)21(32)31-18-16(9-24-22(18,6)7)19(28-31)27-20-17(23)14(4)25-15(5)26-20/h12-13,24H,8-11H2,1-7H3,(H,25,26,27,28)/t12-,13+/m1/s1. The minimum Gasteiger partial charge on any atom is -0.321 e. The fourth-order valence-electron chi connectivity index (χ4n) is 4.81. The summed E-state index contributed by atoms with van der Waals surface area (Å²) in [5.74, 6) is 0.455. The van der Waals surface area contributed by atoms with Crippen LogP contribution in [0.3, 0.4) is 0 Å². The molecule has 0 aliphatic carbocycles. The van der Waals surface area contributed by atoms with E-state index >= 15 is 0 Å². The Morgan fingerprint density at radius 1 is 1.19 bits per heavy atom. The van der Waals surface area contributed by atoms with E-state index in [9.17, 15) is 9.18 Å². The number of rotatable bonds is 3. The van der Waals surface area contributed by atoms with Crippen molar-refractivity contribution in [2.24, 2.45) is 0 Å². The third-order valence-corrected chi connectivity index (χ3v) is 6.60. The summed E-state index contributed by atoms with van der Waals surface area (Å²) in [6.45, 7) is 16.7. The highest BCUT2D eigenvalue weighted by Crippen LogP contribution is 2.36. The molecule has 2 N–H and O–H groups in total. The molecule has 2 aromatic heterocycles. The molecule has 4 rings (SSSR count). The number of hydrogen-bond acceptors (Lipinski definition) is 7. The second kappa shape index (κ2) is 8.08. The molecular weight excluding hydrogens is 411 g/mol. The first-order chi connectivity index (χ1) is 15.0. The SMILES string of the molecule is CCN1C[C@H](C)N(C(=O)n2nc(Nc3nc(C)nc(C)c3F)c3c2C(C)(C)NC3)C[C@H]1C. The number of anilines is 2. The average Bonchev–Trinajstić information content (AvgIpc) is 3.25. The fourth-order valence-corrected chi connectivity index (χ4v) is 4.81. The highest BCUT2D eigenvalue weighted by molar-refractivity contribution is 5.80. The van der Waals surface area contributed by atoms with Crippen molar-refractivity contribution < 1.29 is 9.18 Å². The third-order valence-electron chi connectivity index (χ3n) is 6.60. The van der Waals surface area contributed by atoms with Crippen molar-refractivity contribution in [2.75, 3.05) is 25.0 Å². The number of likely N-dealkylation sites (N-methyl/N-ethyl adjacent to an activating group) is 1. The number of carbonyl (C=O) groups excluding carboxylic acids is 1. The summed E-state index contributed by atoms with van der Waals surface area (Å²) < 4.78 is 16.2. The van der Waals surface area contributed by atoms with Gasteiger partial charge in [0, 0.05) is 37.3 Å². The second-order valence-corrected chi connectivity index (χ2v) is 9.43. The van der Waals surface area contributed by atoms with Crippen molar-refractivity contribution in [1.82, 2.24) is 34.9 Å². The molecule has 174 valence electrons. The van der Waals surface area contributed by atoms with Crippen molar-refractivity contribution in [1.29, 1.82) is 0 Å². The van der Waals surface area contributed by atoms with Crippen LogP contribution in [0.4, 0.5) is 20.8 Å². The first kappa shape index (κ1) is 22.6. The van der Waals surface area contributed by atoms with Gasteiger partial charge in [0.05, 0.1) is 16.9 Å². The summed E-state index contributed by atoms with van der Waals surface area (Å²) in [7, 11) is 0. The Balaban J connectivity index is 1.72. The lowest BCUT2D eigenvalue weighted by Gasteiger charge is -2.43. The van der Waals surface area contributed by atoms with E-state index in [4.69, 9.17) is 0 Å². The summed E-state index contributed by atoms with van der Waals surface area (Å²) in [4.78, 5) is 26.2. The van der Waals surface area contributed by atoms with Gasteiger partial charge in [-0.3, -0.25) is 4.90 Å². The molecule has 10 heteroatoms. The van der Waals surface area contributed by atoms with Crippen molar-refractivity contribution in [3.63, 3.8) is 0 Å². The molecule has 32 heavy (non-hydrogen) atoms. The lowest BCUT2D eigenvalue weighted by molar-refractivity contribution is 0.0659. The monoisotopic (exact) mass is 444 g/mol. The molecular formula is C22H33FN8O. The van der Waals surface area contributed by atoms with Crippen LogP contribution >= 0.6 is 0 Å². The number of aromatic nitrogens is 4. The summed E-state index contributed by atoms with van der Waals surface area (Å²) in [6, 6.07) is 0.183. The number of carbonyl (C=O) groups is 1. The molecule has 4 heterocycles. The van der Waals surface area contributed by atoms with Gasteiger partial charge in [0.2, 0.25) is 0 Å². The zero-order chi connectivity index (χ0) is 23.4. The topological polar surface area (TPSA) is 91.2 Å². The highest BCUT2D eigenvalue weighted by atomic mass is 19.1. The minimum absolute atomic E-state index is 0.0667. The minimum atomic E-state index is -0.520. The average molecular weight is 445 g/mol. The van der Waals surface area contributed by atoms with Gasteiger partial charge in [-0.25, -0.2) is 19.2 Å². The van der Waals surface area contributed by atoms with Crippen molar-refractivity contribution in [3.8, 4) is 0 Å². The van der Waals surface area contributed by atoms with E-state index in [1.54, 1.807) is 13.8 Å². The first-order valence-corrected chi connectivity index (χ1v) is 11.2. The van der Waals surface area contributed by atoms with Crippen LogP contribution < -0.4 is 10.6 Å². The highest BCUT2D eigenvalue weighted by Gasteiger charge is 2.41. The molecule has 9 nitrogen and oxygen atoms in total. The van der Waals surface area contributed by atoms with E-state index in [0.29, 0.717) is 24.7 Å². The van der Waals surface area contributed by atoms with Gasteiger partial charge in [-0.1, -0.05) is 6.92 Å². The molecule has 1 amide bonds. The normalized spacial score (nSPS) is 22.8. The van der Waals surface area contributed by atoms with E-state index in [1.807, 2.05) is 18.7 Å². The van der Waals surface area contributed by atoms with Crippen molar-refractivity contribution in [2.45, 2.75) is 72.6 Å². The van der Waals surface area contributed by atoms with Crippen LogP contribution in [0, 0.1) is 19.7 Å². The number of piperazine rings is 1. The van der Waals surface area contributed by atoms with Crippen LogP contribution in [0.25, 0.3) is 0 Å². The lowest BCUT2D eigenvalue weighted by Crippen LogP contribution is -2.59. The quantitative estimate of drug-likeness (QED) is 0.752. The van der Waals surface area contributed by atoms with Crippen LogP contribution in [-0.4, -0.2) is 67.3 Å². The predicted octanol–water partition coefficient (Wildman–Crippen LogP) is 2.89. The molecule has 0 unspecified atom stereocenters. The maximum Gasteiger partial charge on any atom is 0.345 e. The molecule has 0 aromatic carbocycles. The van der Waals surface area contributed by atoms with Crippen LogP contribution in [0.2, 0.25) is 0 Å². The van der Waals surface area contributed by atoms with Crippen LogP contribution in [0.1, 0.15) is 57.4 Å². The smallest absolute Gasteiger partial charge is 0.321 e. The maximum absolute atomic E-state index is 14.7. The summed E-state index contributed by atoms with van der Waals surface area (Å²) in [5, 5.41) is 11.1. The van der Waals surface area contributed by atoms with Gasteiger partial charge in [0.15, 0.2) is 17.5 Å². The number of nitrogens with one attached hydrogen (secondary N) is 2. The maximum atomic E-state index is 14.7. The molecule has 2 aromatic rings. The van der Waals surface area contributed by atoms with Gasteiger partial charge in [0.1, 0.15) is 5.82 Å². The summed E-state index contributed by atoms with van der Waals surface area (Å²) >= 11 is 0. The molecule has 2 aliphatic heterocycles. The predicted molar refractivity (Wildman–Crippen MR) is 121 cm³/mol. The Morgan fingerprint density at radius 3 is 2.59 bits per heavy atom. The lowest BCUT2D eigenvalue weighted by atomic mass is 10.0. The van der Waals surface area contributed by atoms with Gasteiger partial charge in [-0.05, 0) is 48.1 Å². The van der Waals surface area contributed by atoms with E-state index < -0.39 is 11.4 Å². The molecule has 2 atom stereocenters. The Morgan fingerprint density at radius 2 is 1.91 bits per heavy atom. The Kier molecular flexibility index (Phi) is 5.70. The van der Waals surface area contributed by atoms with Crippen molar-refractivity contribution in [3.05, 3.63) is 28.6 Å². The number of amides is 1. The van der Waals surface area contributed by atoms with Crippen LogP contribution in [0.15, 0.2) is 0 Å². The molecule has 0 spiro atoms. The molecule has 1 fully saturated rings. The van der Waals surface area contributed by atoms with Crippen molar-refractivity contribution >= 4 is 17.7 Å². The first-order valence-electron chi connectivity index (χ1n) is 11.2. The number of halogens is 1. The van der Waals surface area contributed by atoms with Gasteiger partial charge in [-0.2, -0.15) is 4.68 Å². The largest absolute Gasteiger partial charge is 0.345 e. The van der Waals surface area contributed by atoms with Gasteiger partial charge >= 0.3 is 6.03 Å². The number of nitrogens with zero attached hydrogens (tertiary/aromatic N) is 6. The van der Waals surface area contributed by atoms with Gasteiger partial charge in [0.25, 0.3) is 0 Å². The third kappa shape index (κ3) is 3.75. The molecule has 0 bridgehead atoms. The second-order valence-electron chi connectivity index (χ2n) is 9.43. The van der Waals surface area contributed by atoms with E-state index in [1.165, 1.54) is 4.68 Å². The Bertz CT molecular complexity index is 1050. The molecule has 2 aliphatic rings. The Labute approximate surface area is 188 Å². The fraction of sp³-hybridized carbons (Fsp3) is 0.636. The van der Waals surface area contributed by atoms with Gasteiger partial charge < -0.3 is 15.5 Å². The van der Waals surface area contributed by atoms with E-state index in [-0.39, 0.29) is 29.6 Å². The van der Waals surface area contributed by atoms with Crippen LogP contribution in [-0.2, 0) is 12.1 Å². The summed E-state index contributed by atoms with van der Waals surface area (Å²) in [6.07, 6.45) is 0. The molecule has 0 radical (unpaired) electrons.